The van der Waals surface area contributed by atoms with Crippen molar-refractivity contribution in [2.75, 3.05) is 40.9 Å². The van der Waals surface area contributed by atoms with Gasteiger partial charge in [-0.1, -0.05) is 230 Å². The smallest absolute Gasteiger partial charge is 0.456 e. The molecule has 0 aliphatic heterocycles. The van der Waals surface area contributed by atoms with Crippen molar-refractivity contribution in [3.8, 4) is 0 Å². The van der Waals surface area contributed by atoms with E-state index in [4.69, 9.17) is 13.8 Å². The van der Waals surface area contributed by atoms with Crippen LogP contribution in [0, 0.1) is 0 Å². The fourth-order valence-corrected chi connectivity index (χ4v) is 9.28. The second-order valence-electron chi connectivity index (χ2n) is 21.5. The van der Waals surface area contributed by atoms with Crippen LogP contribution in [-0.2, 0) is 27.9 Å². The average molecular weight is 1020 g/mol. The fourth-order valence-electron chi connectivity index (χ4n) is 8.54. The van der Waals surface area contributed by atoms with Crippen molar-refractivity contribution in [2.45, 2.75) is 290 Å². The predicted molar refractivity (Wildman–Crippen MR) is 305 cm³/mol. The van der Waals surface area contributed by atoms with E-state index in [1.54, 1.807) is 0 Å². The van der Waals surface area contributed by atoms with Crippen LogP contribution in [0.3, 0.4) is 0 Å². The van der Waals surface area contributed by atoms with E-state index in [-0.39, 0.29) is 31.5 Å². The zero-order chi connectivity index (χ0) is 52.2. The molecule has 0 heterocycles. The number of hydrogen-bond acceptors (Lipinski definition) is 6. The standard InChI is InChI=1S/C61H115N2O7P/c1-7-10-13-16-19-22-25-26-27-28-29-30-31-32-33-34-35-36-39-41-44-47-50-53-60(64)62-58(57-69-71(66,67)68-56-55-63(4,5)6)59(52-49-46-43-40-37-23-20-17-14-11-8-2)70-61(65)54-51-48-45-42-38-24-21-18-15-12-9-3/h18-19,21-22,26-27,49,52,58-59H,7-17,20,23-25,28-48,50-51,53-57H2,1-6H3,(H-,62,64,66,67)/p+1/b21-18-,22-19-,27-26-,52-49-. The minimum atomic E-state index is -4.44. The number of phosphoric acid groups is 1. The van der Waals surface area contributed by atoms with E-state index in [9.17, 15) is 19.0 Å². The van der Waals surface area contributed by atoms with Gasteiger partial charge >= 0.3 is 13.8 Å². The minimum Gasteiger partial charge on any atom is -0.456 e. The summed E-state index contributed by atoms with van der Waals surface area (Å²) in [4.78, 5) is 37.5. The Kier molecular flexibility index (Phi) is 50.0. The number of nitrogens with zero attached hydrogens (tertiary/aromatic N) is 1. The molecule has 0 aliphatic carbocycles. The SMILES string of the molecule is CCCC/C=C\CCCCCCCC(=O)OC(/C=C\CCCCCCCCCCC)C(COP(=O)(O)OCC[N+](C)(C)C)NC(=O)CCCCCCCCCCCCCCC/C=C\C/C=C\CCCCC. The molecule has 3 unspecified atom stereocenters. The number of quaternary nitrogens is 1. The van der Waals surface area contributed by atoms with Gasteiger partial charge < -0.3 is 19.4 Å². The lowest BCUT2D eigenvalue weighted by molar-refractivity contribution is -0.870. The van der Waals surface area contributed by atoms with Gasteiger partial charge in [-0.15, -0.1) is 0 Å². The molecule has 2 N–H and O–H groups in total. The summed E-state index contributed by atoms with van der Waals surface area (Å²) in [5.74, 6) is -0.512. The number of hydrogen-bond donors (Lipinski definition) is 2. The fraction of sp³-hybridized carbons (Fsp3) is 0.836. The molecule has 71 heavy (non-hydrogen) atoms. The van der Waals surface area contributed by atoms with Crippen molar-refractivity contribution < 1.29 is 37.3 Å². The first-order chi connectivity index (χ1) is 34.4. The Hall–Kier alpha value is -2.03. The monoisotopic (exact) mass is 1020 g/mol. The van der Waals surface area contributed by atoms with E-state index < -0.39 is 20.0 Å². The Bertz CT molecular complexity index is 1360. The Morgan fingerprint density at radius 3 is 1.35 bits per heavy atom. The molecule has 0 rings (SSSR count). The Labute approximate surface area is 439 Å². The first kappa shape index (κ1) is 69.0. The number of ether oxygens (including phenoxy) is 1. The van der Waals surface area contributed by atoms with Crippen molar-refractivity contribution in [2.24, 2.45) is 0 Å². The van der Waals surface area contributed by atoms with Crippen LogP contribution in [0.25, 0.3) is 0 Å². The molecule has 9 nitrogen and oxygen atoms in total. The summed E-state index contributed by atoms with van der Waals surface area (Å²) in [6.07, 6.45) is 62.5. The third-order valence-electron chi connectivity index (χ3n) is 13.2. The zero-order valence-corrected chi connectivity index (χ0v) is 48.4. The summed E-state index contributed by atoms with van der Waals surface area (Å²) < 4.78 is 30.6. The zero-order valence-electron chi connectivity index (χ0n) is 47.5. The van der Waals surface area contributed by atoms with E-state index in [0.29, 0.717) is 17.4 Å². The molecule has 3 atom stereocenters. The highest BCUT2D eigenvalue weighted by atomic mass is 31.2. The van der Waals surface area contributed by atoms with E-state index in [2.05, 4.69) is 62.5 Å². The van der Waals surface area contributed by atoms with Crippen molar-refractivity contribution in [1.29, 1.82) is 0 Å². The molecule has 0 fully saturated rings. The highest BCUT2D eigenvalue weighted by Crippen LogP contribution is 2.43. The number of likely N-dealkylation sites (N-methyl/N-ethyl adjacent to an activating group) is 1. The Morgan fingerprint density at radius 1 is 0.493 bits per heavy atom. The molecule has 0 aromatic rings. The lowest BCUT2D eigenvalue weighted by Gasteiger charge is -2.27. The molecular formula is C61H116N2O7P+. The van der Waals surface area contributed by atoms with Gasteiger partial charge in [0.2, 0.25) is 5.91 Å². The lowest BCUT2D eigenvalue weighted by Crippen LogP contribution is -2.47. The molecule has 0 spiro atoms. The maximum atomic E-state index is 13.5. The summed E-state index contributed by atoms with van der Waals surface area (Å²) in [5, 5.41) is 3.05. The Balaban J connectivity index is 5.10. The Morgan fingerprint density at radius 2 is 0.873 bits per heavy atom. The number of phosphoric ester groups is 1. The molecule has 0 saturated heterocycles. The predicted octanol–water partition coefficient (Wildman–Crippen LogP) is 18.1. The number of carbonyl (C=O) groups is 2. The number of nitrogens with one attached hydrogen (secondary N) is 1. The number of rotatable bonds is 54. The molecule has 0 radical (unpaired) electrons. The number of allylic oxidation sites excluding steroid dienone is 7. The van der Waals surface area contributed by atoms with Crippen LogP contribution >= 0.6 is 7.82 Å². The topological polar surface area (TPSA) is 111 Å². The van der Waals surface area contributed by atoms with Gasteiger partial charge in [0.1, 0.15) is 19.3 Å². The van der Waals surface area contributed by atoms with Crippen molar-refractivity contribution >= 4 is 19.7 Å². The van der Waals surface area contributed by atoms with Crippen LogP contribution < -0.4 is 5.32 Å². The molecule has 0 bridgehead atoms. The van der Waals surface area contributed by atoms with Gasteiger partial charge in [-0.2, -0.15) is 0 Å². The number of unbranched alkanes of at least 4 members (excludes halogenated alkanes) is 32. The van der Waals surface area contributed by atoms with Gasteiger partial charge in [0.15, 0.2) is 0 Å². The summed E-state index contributed by atoms with van der Waals surface area (Å²) >= 11 is 0. The highest BCUT2D eigenvalue weighted by molar-refractivity contribution is 7.47. The van der Waals surface area contributed by atoms with E-state index in [1.807, 2.05) is 33.3 Å². The van der Waals surface area contributed by atoms with Gasteiger partial charge in [-0.25, -0.2) is 4.57 Å². The summed E-state index contributed by atoms with van der Waals surface area (Å²) in [7, 11) is 1.49. The maximum absolute atomic E-state index is 13.5. The van der Waals surface area contributed by atoms with Gasteiger partial charge in [0.05, 0.1) is 33.8 Å². The summed E-state index contributed by atoms with van der Waals surface area (Å²) in [5.41, 5.74) is 0. The molecule has 0 aliphatic rings. The second-order valence-corrected chi connectivity index (χ2v) is 23.0. The normalized spacial score (nSPS) is 14.1. The largest absolute Gasteiger partial charge is 0.472 e. The van der Waals surface area contributed by atoms with E-state index in [0.717, 1.165) is 89.9 Å². The van der Waals surface area contributed by atoms with Crippen LogP contribution in [-0.4, -0.2) is 74.3 Å². The molecule has 416 valence electrons. The van der Waals surface area contributed by atoms with Gasteiger partial charge in [-0.05, 0) is 83.1 Å². The van der Waals surface area contributed by atoms with Crippen LogP contribution in [0.2, 0.25) is 0 Å². The average Bonchev–Trinajstić information content (AvgIpc) is 3.33. The van der Waals surface area contributed by atoms with Gasteiger partial charge in [-0.3, -0.25) is 18.6 Å². The molecule has 0 aromatic heterocycles. The summed E-state index contributed by atoms with van der Waals surface area (Å²) in [6.45, 7) is 6.95. The van der Waals surface area contributed by atoms with Crippen LogP contribution in [0.4, 0.5) is 0 Å². The molecular weight excluding hydrogens is 904 g/mol. The molecule has 0 saturated carbocycles. The molecule has 0 aromatic carbocycles. The lowest BCUT2D eigenvalue weighted by atomic mass is 10.0. The van der Waals surface area contributed by atoms with E-state index in [1.165, 1.54) is 154 Å². The first-order valence-electron chi connectivity index (χ1n) is 30.0. The van der Waals surface area contributed by atoms with Crippen LogP contribution in [0.15, 0.2) is 48.6 Å². The third-order valence-corrected chi connectivity index (χ3v) is 14.2. The quantitative estimate of drug-likeness (QED) is 0.0205. The minimum absolute atomic E-state index is 0.0392. The van der Waals surface area contributed by atoms with Crippen molar-refractivity contribution in [3.05, 3.63) is 48.6 Å². The van der Waals surface area contributed by atoms with Gasteiger partial charge in [0, 0.05) is 12.8 Å². The van der Waals surface area contributed by atoms with E-state index >= 15 is 0 Å². The number of esters is 1. The highest BCUT2D eigenvalue weighted by Gasteiger charge is 2.30. The molecule has 10 heteroatoms. The van der Waals surface area contributed by atoms with Crippen molar-refractivity contribution in [1.82, 2.24) is 5.32 Å². The number of carbonyl (C=O) groups excluding carboxylic acids is 2. The molecule has 1 amide bonds. The third kappa shape index (κ3) is 52.6. The first-order valence-corrected chi connectivity index (χ1v) is 31.5. The number of amides is 1. The van der Waals surface area contributed by atoms with Crippen LogP contribution in [0.1, 0.15) is 278 Å². The second kappa shape index (κ2) is 51.5. The summed E-state index contributed by atoms with van der Waals surface area (Å²) in [6, 6.07) is -0.849. The van der Waals surface area contributed by atoms with Crippen molar-refractivity contribution in [3.63, 3.8) is 0 Å². The maximum Gasteiger partial charge on any atom is 0.472 e. The van der Waals surface area contributed by atoms with Gasteiger partial charge in [0.25, 0.3) is 0 Å². The van der Waals surface area contributed by atoms with Crippen LogP contribution in [0.5, 0.6) is 0 Å².